The molecule has 8 heteroatoms. The molecule has 1 fully saturated rings. The number of hydrogen-bond donors (Lipinski definition) is 0. The number of ether oxygens (including phenoxy) is 2. The molecule has 1 aliphatic heterocycles. The summed E-state index contributed by atoms with van der Waals surface area (Å²) in [5.41, 5.74) is 0.0730. The molecule has 8 nitrogen and oxygen atoms in total. The van der Waals surface area contributed by atoms with Crippen LogP contribution < -0.4 is 0 Å². The monoisotopic (exact) mass is 373 g/mol. The van der Waals surface area contributed by atoms with Gasteiger partial charge in [-0.05, 0) is 39.7 Å². The molecule has 0 N–H and O–H groups in total. The first kappa shape index (κ1) is 19.3. The number of nitrogens with zero attached hydrogens (tertiary/aromatic N) is 5. The first-order valence-corrected chi connectivity index (χ1v) is 9.23. The van der Waals surface area contributed by atoms with Gasteiger partial charge >= 0.3 is 6.09 Å². The third-order valence-electron chi connectivity index (χ3n) is 4.58. The standard InChI is InChI=1S/C19H27N5O3/c1-18(2,3)27-17(25)23-9-6-19(7-10-23,16-5-4-8-20-13-16)26-12-11-24-15-21-14-22-24/h4-5,8,13-15H,6-7,9-12H2,1-3H3. The molecule has 1 saturated heterocycles. The summed E-state index contributed by atoms with van der Waals surface area (Å²) in [6.45, 7) is 7.91. The van der Waals surface area contributed by atoms with Gasteiger partial charge in [0, 0.05) is 31.0 Å². The van der Waals surface area contributed by atoms with E-state index in [4.69, 9.17) is 9.47 Å². The number of carbonyl (C=O) groups excluding carboxylic acids is 1. The van der Waals surface area contributed by atoms with Crippen molar-refractivity contribution < 1.29 is 14.3 Å². The van der Waals surface area contributed by atoms with Gasteiger partial charge in [0.1, 0.15) is 18.3 Å². The Balaban J connectivity index is 1.66. The lowest BCUT2D eigenvalue weighted by Crippen LogP contribution is -2.48. The van der Waals surface area contributed by atoms with Gasteiger partial charge < -0.3 is 14.4 Å². The van der Waals surface area contributed by atoms with E-state index in [1.807, 2.05) is 39.1 Å². The van der Waals surface area contributed by atoms with Crippen LogP contribution in [0.25, 0.3) is 0 Å². The van der Waals surface area contributed by atoms with Gasteiger partial charge in [-0.25, -0.2) is 9.78 Å². The molecule has 0 saturated carbocycles. The second kappa shape index (κ2) is 8.04. The first-order valence-electron chi connectivity index (χ1n) is 9.23. The summed E-state index contributed by atoms with van der Waals surface area (Å²) in [5.74, 6) is 0. The van der Waals surface area contributed by atoms with Crippen LogP contribution in [0.15, 0.2) is 37.2 Å². The molecule has 1 amide bonds. The maximum Gasteiger partial charge on any atom is 0.410 e. The maximum atomic E-state index is 12.4. The van der Waals surface area contributed by atoms with Crippen LogP contribution in [-0.2, 0) is 21.6 Å². The summed E-state index contributed by atoms with van der Waals surface area (Å²) < 4.78 is 13.6. The molecule has 1 aliphatic rings. The molecule has 0 radical (unpaired) electrons. The fourth-order valence-electron chi connectivity index (χ4n) is 3.21. The molecule has 27 heavy (non-hydrogen) atoms. The molecule has 146 valence electrons. The Bertz CT molecular complexity index is 720. The summed E-state index contributed by atoms with van der Waals surface area (Å²) in [4.78, 5) is 22.3. The number of likely N-dealkylation sites (tertiary alicyclic amines) is 1. The van der Waals surface area contributed by atoms with Gasteiger partial charge in [0.15, 0.2) is 0 Å². The van der Waals surface area contributed by atoms with Crippen molar-refractivity contribution in [2.75, 3.05) is 19.7 Å². The van der Waals surface area contributed by atoms with E-state index in [1.54, 1.807) is 22.1 Å². The van der Waals surface area contributed by atoms with Crippen LogP contribution in [0.1, 0.15) is 39.2 Å². The van der Waals surface area contributed by atoms with E-state index in [-0.39, 0.29) is 6.09 Å². The lowest BCUT2D eigenvalue weighted by Gasteiger charge is -2.42. The highest BCUT2D eigenvalue weighted by Gasteiger charge is 2.39. The van der Waals surface area contributed by atoms with Crippen LogP contribution >= 0.6 is 0 Å². The minimum atomic E-state index is -0.497. The quantitative estimate of drug-likeness (QED) is 0.801. The van der Waals surface area contributed by atoms with Crippen molar-refractivity contribution >= 4 is 6.09 Å². The van der Waals surface area contributed by atoms with Gasteiger partial charge in [-0.15, -0.1) is 0 Å². The fourth-order valence-corrected chi connectivity index (χ4v) is 3.21. The highest BCUT2D eigenvalue weighted by Crippen LogP contribution is 2.36. The van der Waals surface area contributed by atoms with E-state index >= 15 is 0 Å². The second-order valence-corrected chi connectivity index (χ2v) is 7.71. The molecule has 3 heterocycles. The second-order valence-electron chi connectivity index (χ2n) is 7.71. The number of hydrogen-bond acceptors (Lipinski definition) is 6. The highest BCUT2D eigenvalue weighted by atomic mass is 16.6. The third-order valence-corrected chi connectivity index (χ3v) is 4.58. The summed E-state index contributed by atoms with van der Waals surface area (Å²) in [7, 11) is 0. The Morgan fingerprint density at radius 3 is 2.63 bits per heavy atom. The number of rotatable bonds is 5. The van der Waals surface area contributed by atoms with Crippen molar-refractivity contribution in [3.8, 4) is 0 Å². The molecular weight excluding hydrogens is 346 g/mol. The van der Waals surface area contributed by atoms with E-state index in [9.17, 15) is 4.79 Å². The van der Waals surface area contributed by atoms with E-state index in [1.165, 1.54) is 6.33 Å². The van der Waals surface area contributed by atoms with Crippen LogP contribution in [-0.4, -0.2) is 56.0 Å². The predicted octanol–water partition coefficient (Wildman–Crippen LogP) is 2.62. The molecule has 0 aliphatic carbocycles. The molecule has 3 rings (SSSR count). The van der Waals surface area contributed by atoms with Crippen LogP contribution in [0.3, 0.4) is 0 Å². The van der Waals surface area contributed by atoms with Crippen LogP contribution in [0.4, 0.5) is 4.79 Å². The molecule has 0 unspecified atom stereocenters. The zero-order valence-corrected chi connectivity index (χ0v) is 16.2. The Morgan fingerprint density at radius 1 is 1.26 bits per heavy atom. The van der Waals surface area contributed by atoms with Crippen molar-refractivity contribution in [1.29, 1.82) is 0 Å². The Kier molecular flexibility index (Phi) is 5.74. The van der Waals surface area contributed by atoms with Crippen LogP contribution in [0.2, 0.25) is 0 Å². The molecule has 0 spiro atoms. The van der Waals surface area contributed by atoms with Crippen LogP contribution in [0, 0.1) is 0 Å². The molecule has 2 aromatic heterocycles. The lowest BCUT2D eigenvalue weighted by atomic mass is 9.85. The smallest absolute Gasteiger partial charge is 0.410 e. The third kappa shape index (κ3) is 5.03. The number of amides is 1. The molecular formula is C19H27N5O3. The minimum Gasteiger partial charge on any atom is -0.444 e. The Hall–Kier alpha value is -2.48. The molecule has 2 aromatic rings. The Morgan fingerprint density at radius 2 is 2.04 bits per heavy atom. The van der Waals surface area contributed by atoms with Crippen molar-refractivity contribution in [2.24, 2.45) is 0 Å². The van der Waals surface area contributed by atoms with Gasteiger partial charge in [-0.2, -0.15) is 5.10 Å². The predicted molar refractivity (Wildman–Crippen MR) is 98.9 cm³/mol. The summed E-state index contributed by atoms with van der Waals surface area (Å²) in [6, 6.07) is 3.95. The number of aromatic nitrogens is 4. The normalized spacial score (nSPS) is 16.9. The molecule has 0 atom stereocenters. The SMILES string of the molecule is CC(C)(C)OC(=O)N1CCC(OCCn2cncn2)(c2cccnc2)CC1. The summed E-state index contributed by atoms with van der Waals surface area (Å²) in [5, 5.41) is 4.11. The minimum absolute atomic E-state index is 0.273. The largest absolute Gasteiger partial charge is 0.444 e. The van der Waals surface area contributed by atoms with E-state index in [0.717, 1.165) is 5.56 Å². The van der Waals surface area contributed by atoms with Gasteiger partial charge in [0.05, 0.1) is 18.8 Å². The zero-order chi connectivity index (χ0) is 19.3. The van der Waals surface area contributed by atoms with Crippen molar-refractivity contribution in [1.82, 2.24) is 24.6 Å². The molecule has 0 aromatic carbocycles. The van der Waals surface area contributed by atoms with Crippen molar-refractivity contribution in [3.63, 3.8) is 0 Å². The number of pyridine rings is 1. The topological polar surface area (TPSA) is 82.4 Å². The number of carbonyl (C=O) groups is 1. The van der Waals surface area contributed by atoms with Crippen molar-refractivity contribution in [2.45, 2.75) is 51.4 Å². The van der Waals surface area contributed by atoms with Crippen LogP contribution in [0.5, 0.6) is 0 Å². The lowest BCUT2D eigenvalue weighted by molar-refractivity contribution is -0.0931. The molecule has 0 bridgehead atoms. The average Bonchev–Trinajstić information content (AvgIpc) is 3.15. The highest BCUT2D eigenvalue weighted by molar-refractivity contribution is 5.68. The average molecular weight is 373 g/mol. The van der Waals surface area contributed by atoms with Gasteiger partial charge in [-0.1, -0.05) is 6.07 Å². The Labute approximate surface area is 159 Å². The first-order chi connectivity index (χ1) is 12.9. The number of piperidine rings is 1. The van der Waals surface area contributed by atoms with E-state index < -0.39 is 11.2 Å². The van der Waals surface area contributed by atoms with E-state index in [2.05, 4.69) is 15.1 Å². The van der Waals surface area contributed by atoms with Gasteiger partial charge in [0.25, 0.3) is 0 Å². The van der Waals surface area contributed by atoms with E-state index in [0.29, 0.717) is 39.1 Å². The van der Waals surface area contributed by atoms with Gasteiger partial charge in [0.2, 0.25) is 0 Å². The summed E-state index contributed by atoms with van der Waals surface area (Å²) >= 11 is 0. The van der Waals surface area contributed by atoms with Gasteiger partial charge in [-0.3, -0.25) is 9.67 Å². The maximum absolute atomic E-state index is 12.4. The zero-order valence-electron chi connectivity index (χ0n) is 16.2. The fraction of sp³-hybridized carbons (Fsp3) is 0.579. The summed E-state index contributed by atoms with van der Waals surface area (Å²) in [6.07, 6.45) is 7.89. The van der Waals surface area contributed by atoms with Crippen molar-refractivity contribution in [3.05, 3.63) is 42.7 Å².